The lowest BCUT2D eigenvalue weighted by Crippen LogP contribution is -2.20. The van der Waals surface area contributed by atoms with Crippen LogP contribution in [0.3, 0.4) is 0 Å². The number of anilines is 1. The molecule has 1 fully saturated rings. The molecular formula is C28H25N9O. The Balaban J connectivity index is 1.24. The first-order valence-electron chi connectivity index (χ1n) is 12.7. The van der Waals surface area contributed by atoms with Crippen LogP contribution < -0.4 is 5.32 Å². The Labute approximate surface area is 217 Å². The van der Waals surface area contributed by atoms with E-state index in [1.807, 2.05) is 35.9 Å². The lowest BCUT2D eigenvalue weighted by molar-refractivity contribution is -0.119. The van der Waals surface area contributed by atoms with Crippen molar-refractivity contribution in [1.29, 1.82) is 0 Å². The zero-order valence-electron chi connectivity index (χ0n) is 20.8. The van der Waals surface area contributed by atoms with E-state index in [1.165, 1.54) is 0 Å². The molecule has 1 aliphatic rings. The molecule has 0 bridgehead atoms. The van der Waals surface area contributed by atoms with Gasteiger partial charge in [0, 0.05) is 29.3 Å². The summed E-state index contributed by atoms with van der Waals surface area (Å²) in [4.78, 5) is 34.0. The highest BCUT2D eigenvalue weighted by atomic mass is 16.1. The molecule has 0 saturated heterocycles. The molecule has 1 aliphatic carbocycles. The summed E-state index contributed by atoms with van der Waals surface area (Å²) < 4.78 is 1.92. The second kappa shape index (κ2) is 8.91. The number of aromatic amines is 2. The number of aryl methyl sites for hydroxylation is 1. The highest BCUT2D eigenvalue weighted by Crippen LogP contribution is 2.32. The van der Waals surface area contributed by atoms with Gasteiger partial charge in [0.25, 0.3) is 0 Å². The van der Waals surface area contributed by atoms with Crippen LogP contribution >= 0.6 is 0 Å². The summed E-state index contributed by atoms with van der Waals surface area (Å²) in [5.74, 6) is 0.824. The van der Waals surface area contributed by atoms with Gasteiger partial charge in [-0.2, -0.15) is 5.10 Å². The van der Waals surface area contributed by atoms with E-state index >= 15 is 0 Å². The van der Waals surface area contributed by atoms with Crippen LogP contribution in [0.4, 0.5) is 5.69 Å². The van der Waals surface area contributed by atoms with Crippen LogP contribution in [0.5, 0.6) is 0 Å². The first-order valence-corrected chi connectivity index (χ1v) is 12.7. The molecule has 38 heavy (non-hydrogen) atoms. The third kappa shape index (κ3) is 3.90. The highest BCUT2D eigenvalue weighted by molar-refractivity contribution is 5.97. The van der Waals surface area contributed by atoms with Crippen LogP contribution in [0.15, 0.2) is 61.6 Å². The molecule has 5 heterocycles. The number of H-pyrrole nitrogens is 2. The maximum Gasteiger partial charge on any atom is 0.227 e. The van der Waals surface area contributed by atoms with Gasteiger partial charge < -0.3 is 14.9 Å². The molecule has 5 aromatic heterocycles. The predicted molar refractivity (Wildman–Crippen MR) is 145 cm³/mol. The molecule has 0 radical (unpaired) electrons. The Morgan fingerprint density at radius 1 is 1.03 bits per heavy atom. The number of carbonyl (C=O) groups is 1. The number of fused-ring (bicyclic) bond motifs is 2. The summed E-state index contributed by atoms with van der Waals surface area (Å²) in [7, 11) is 0. The summed E-state index contributed by atoms with van der Waals surface area (Å²) in [5, 5.41) is 11.7. The molecule has 10 heteroatoms. The van der Waals surface area contributed by atoms with E-state index in [0.29, 0.717) is 17.2 Å². The minimum Gasteiger partial charge on any atom is -0.335 e. The van der Waals surface area contributed by atoms with Gasteiger partial charge >= 0.3 is 0 Å². The molecule has 1 saturated carbocycles. The number of benzene rings is 1. The van der Waals surface area contributed by atoms with Crippen LogP contribution in [0.2, 0.25) is 0 Å². The minimum atomic E-state index is 0.0821. The van der Waals surface area contributed by atoms with Crippen molar-refractivity contribution >= 4 is 33.5 Å². The second-order valence-corrected chi connectivity index (χ2v) is 9.83. The van der Waals surface area contributed by atoms with Crippen molar-refractivity contribution in [2.45, 2.75) is 32.6 Å². The Morgan fingerprint density at radius 2 is 1.89 bits per heavy atom. The zero-order valence-corrected chi connectivity index (χ0v) is 20.8. The Kier molecular flexibility index (Phi) is 5.24. The molecule has 1 amide bonds. The topological polar surface area (TPSA) is 130 Å². The summed E-state index contributed by atoms with van der Waals surface area (Å²) in [6.07, 6.45) is 14.9. The Morgan fingerprint density at radius 3 is 2.74 bits per heavy atom. The van der Waals surface area contributed by atoms with Crippen LogP contribution in [-0.4, -0.2) is 45.6 Å². The third-order valence-corrected chi connectivity index (χ3v) is 7.22. The van der Waals surface area contributed by atoms with E-state index in [0.717, 1.165) is 70.1 Å². The van der Waals surface area contributed by atoms with Gasteiger partial charge in [-0.3, -0.25) is 19.9 Å². The van der Waals surface area contributed by atoms with Crippen LogP contribution in [0.1, 0.15) is 31.4 Å². The molecule has 3 N–H and O–H groups in total. The van der Waals surface area contributed by atoms with Crippen molar-refractivity contribution in [2.24, 2.45) is 5.92 Å². The van der Waals surface area contributed by atoms with Crippen molar-refractivity contribution in [1.82, 2.24) is 39.7 Å². The van der Waals surface area contributed by atoms with E-state index < -0.39 is 0 Å². The normalized spacial score (nSPS) is 14.0. The molecular weight excluding hydrogens is 478 g/mol. The number of imidazole rings is 2. The van der Waals surface area contributed by atoms with E-state index in [2.05, 4.69) is 41.5 Å². The molecule has 6 aromatic rings. The van der Waals surface area contributed by atoms with Crippen molar-refractivity contribution in [3.8, 4) is 28.3 Å². The number of amides is 1. The van der Waals surface area contributed by atoms with E-state index in [9.17, 15) is 4.79 Å². The van der Waals surface area contributed by atoms with Gasteiger partial charge in [0.05, 0.1) is 53.0 Å². The molecule has 7 rings (SSSR count). The Bertz CT molecular complexity index is 1810. The number of pyridine rings is 2. The van der Waals surface area contributed by atoms with Crippen molar-refractivity contribution < 1.29 is 4.79 Å². The van der Waals surface area contributed by atoms with E-state index in [-0.39, 0.29) is 11.8 Å². The molecule has 1 aromatic carbocycles. The number of nitrogens with one attached hydrogen (secondary N) is 3. The summed E-state index contributed by atoms with van der Waals surface area (Å²) >= 11 is 0. The first kappa shape index (κ1) is 22.3. The lowest BCUT2D eigenvalue weighted by atomic mass is 10.0. The average molecular weight is 504 g/mol. The minimum absolute atomic E-state index is 0.0821. The fourth-order valence-electron chi connectivity index (χ4n) is 5.25. The van der Waals surface area contributed by atoms with Gasteiger partial charge in [-0.15, -0.1) is 0 Å². The molecule has 0 unspecified atom stereocenters. The summed E-state index contributed by atoms with van der Waals surface area (Å²) in [6.45, 7) is 1.95. The maximum atomic E-state index is 12.6. The molecule has 188 valence electrons. The lowest BCUT2D eigenvalue weighted by Gasteiger charge is -2.11. The van der Waals surface area contributed by atoms with Gasteiger partial charge in [0.15, 0.2) is 5.82 Å². The maximum absolute atomic E-state index is 12.6. The average Bonchev–Trinajstić information content (AvgIpc) is 3.74. The number of carbonyl (C=O) groups excluding carboxylic acids is 1. The van der Waals surface area contributed by atoms with E-state index in [1.54, 1.807) is 31.1 Å². The van der Waals surface area contributed by atoms with Crippen LogP contribution in [-0.2, 0) is 4.79 Å². The van der Waals surface area contributed by atoms with Crippen molar-refractivity contribution in [3.63, 3.8) is 0 Å². The van der Waals surface area contributed by atoms with Crippen molar-refractivity contribution in [3.05, 3.63) is 67.3 Å². The number of rotatable bonds is 5. The number of aromatic nitrogens is 8. The number of nitrogens with zero attached hydrogens (tertiary/aromatic N) is 6. The fourth-order valence-corrected chi connectivity index (χ4v) is 5.25. The predicted octanol–water partition coefficient (Wildman–Crippen LogP) is 5.19. The van der Waals surface area contributed by atoms with Crippen LogP contribution in [0, 0.1) is 12.8 Å². The van der Waals surface area contributed by atoms with Gasteiger partial charge in [-0.1, -0.05) is 18.9 Å². The van der Waals surface area contributed by atoms with Gasteiger partial charge in [0.2, 0.25) is 5.91 Å². The van der Waals surface area contributed by atoms with Crippen molar-refractivity contribution in [2.75, 3.05) is 5.32 Å². The standard InChI is InChI=1S/C28H25N9O/c1-16-14-37(15-31-16)24-13-30-12-23-26(24)34-27(33-23)25-21-9-18(6-7-22(21)35-36-25)19-8-20(11-29-10-19)32-28(38)17-4-2-3-5-17/h6-15,17H,2-5H2,1H3,(H,32,38)(H,33,34)(H,35,36). The largest absolute Gasteiger partial charge is 0.335 e. The third-order valence-electron chi connectivity index (χ3n) is 7.22. The van der Waals surface area contributed by atoms with Gasteiger partial charge in [-0.05, 0) is 43.5 Å². The fraction of sp³-hybridized carbons (Fsp3) is 0.214. The van der Waals surface area contributed by atoms with Gasteiger partial charge in [-0.25, -0.2) is 9.97 Å². The van der Waals surface area contributed by atoms with Crippen LogP contribution in [0.25, 0.3) is 50.3 Å². The molecule has 0 atom stereocenters. The second-order valence-electron chi connectivity index (χ2n) is 9.83. The molecule has 0 spiro atoms. The van der Waals surface area contributed by atoms with E-state index in [4.69, 9.17) is 4.98 Å². The number of hydrogen-bond acceptors (Lipinski definition) is 6. The SMILES string of the molecule is Cc1cn(-c2cncc3[nH]c(-c4n[nH]c5ccc(-c6cncc(NC(=O)C7CCCC7)c6)cc45)nc23)cn1. The highest BCUT2D eigenvalue weighted by Gasteiger charge is 2.23. The summed E-state index contributed by atoms with van der Waals surface area (Å²) in [6, 6.07) is 8.05. The smallest absolute Gasteiger partial charge is 0.227 e. The Hall–Kier alpha value is -4.86. The monoisotopic (exact) mass is 503 g/mol. The zero-order chi connectivity index (χ0) is 25.6. The number of hydrogen-bond donors (Lipinski definition) is 3. The first-order chi connectivity index (χ1) is 18.6. The quantitative estimate of drug-likeness (QED) is 0.297. The van der Waals surface area contributed by atoms with Gasteiger partial charge in [0.1, 0.15) is 11.2 Å². The molecule has 0 aliphatic heterocycles. The molecule has 10 nitrogen and oxygen atoms in total. The summed E-state index contributed by atoms with van der Waals surface area (Å²) in [5.41, 5.74) is 7.55.